The van der Waals surface area contributed by atoms with Gasteiger partial charge in [0, 0.05) is 17.3 Å². The van der Waals surface area contributed by atoms with Gasteiger partial charge in [-0.3, -0.25) is 9.59 Å². The Labute approximate surface area is 151 Å². The Morgan fingerprint density at radius 1 is 0.960 bits per heavy atom. The van der Waals surface area contributed by atoms with Crippen LogP contribution in [0.15, 0.2) is 23.8 Å². The van der Waals surface area contributed by atoms with Gasteiger partial charge in [0.1, 0.15) is 5.78 Å². The zero-order valence-electron chi connectivity index (χ0n) is 15.6. The number of rotatable bonds is 0. The van der Waals surface area contributed by atoms with Gasteiger partial charge in [0.25, 0.3) is 0 Å². The molecule has 2 heteroatoms. The van der Waals surface area contributed by atoms with Gasteiger partial charge in [0.05, 0.1) is 0 Å². The van der Waals surface area contributed by atoms with E-state index in [-0.39, 0.29) is 22.0 Å². The zero-order chi connectivity index (χ0) is 17.4. The summed E-state index contributed by atoms with van der Waals surface area (Å²) in [5.41, 5.74) is 1.69. The minimum absolute atomic E-state index is 0.0119. The second-order valence-corrected chi connectivity index (χ2v) is 9.96. The van der Waals surface area contributed by atoms with Crippen molar-refractivity contribution in [1.29, 1.82) is 0 Å². The lowest BCUT2D eigenvalue weighted by atomic mass is 9.45. The molecule has 5 aliphatic carbocycles. The monoisotopic (exact) mass is 338 g/mol. The van der Waals surface area contributed by atoms with Crippen molar-refractivity contribution in [1.82, 2.24) is 0 Å². The largest absolute Gasteiger partial charge is 0.299 e. The van der Waals surface area contributed by atoms with Crippen LogP contribution >= 0.6 is 0 Å². The molecule has 1 spiro atoms. The van der Waals surface area contributed by atoms with Crippen molar-refractivity contribution in [2.45, 2.75) is 71.6 Å². The van der Waals surface area contributed by atoms with E-state index in [2.05, 4.69) is 19.9 Å². The number of carbonyl (C=O) groups is 2. The van der Waals surface area contributed by atoms with Crippen LogP contribution in [0.2, 0.25) is 0 Å². The predicted octanol–water partition coefficient (Wildman–Crippen LogP) is 5.03. The molecule has 0 N–H and O–H groups in total. The highest BCUT2D eigenvalue weighted by Crippen LogP contribution is 2.71. The Balaban J connectivity index is 1.52. The third-order valence-corrected chi connectivity index (χ3v) is 9.46. The van der Waals surface area contributed by atoms with Crippen LogP contribution in [0, 0.1) is 34.0 Å². The number of hydrogen-bond donors (Lipinski definition) is 0. The first-order valence-corrected chi connectivity index (χ1v) is 10.4. The van der Waals surface area contributed by atoms with Gasteiger partial charge >= 0.3 is 0 Å². The number of allylic oxidation sites excluding steroid dienone is 4. The number of fused-ring (bicyclic) bond motifs is 6. The quantitative estimate of drug-likeness (QED) is 0.620. The van der Waals surface area contributed by atoms with Gasteiger partial charge in [-0.2, -0.15) is 0 Å². The highest BCUT2D eigenvalue weighted by Gasteiger charge is 2.66. The van der Waals surface area contributed by atoms with E-state index in [1.807, 2.05) is 6.08 Å². The SMILES string of the molecule is CC12CC[C@H]3C(CCC4=CC(=O)C=C[C@]43C)C1CC[C@]21CCCC1=O. The van der Waals surface area contributed by atoms with Gasteiger partial charge in [-0.15, -0.1) is 0 Å². The smallest absolute Gasteiger partial charge is 0.178 e. The molecule has 2 nitrogen and oxygen atoms in total. The Hall–Kier alpha value is -1.18. The number of hydrogen-bond acceptors (Lipinski definition) is 2. The van der Waals surface area contributed by atoms with Crippen LogP contribution in [-0.4, -0.2) is 11.6 Å². The molecule has 0 aromatic rings. The van der Waals surface area contributed by atoms with Gasteiger partial charge in [-0.05, 0) is 86.7 Å². The van der Waals surface area contributed by atoms with Crippen LogP contribution in [0.4, 0.5) is 0 Å². The molecule has 0 saturated heterocycles. The van der Waals surface area contributed by atoms with E-state index in [0.29, 0.717) is 17.6 Å². The number of carbonyl (C=O) groups excluding carboxylic acids is 2. The van der Waals surface area contributed by atoms with E-state index in [4.69, 9.17) is 0 Å². The zero-order valence-corrected chi connectivity index (χ0v) is 15.6. The van der Waals surface area contributed by atoms with E-state index in [1.165, 1.54) is 31.3 Å². The second kappa shape index (κ2) is 4.96. The minimum Gasteiger partial charge on any atom is -0.299 e. The first-order valence-electron chi connectivity index (χ1n) is 10.4. The summed E-state index contributed by atoms with van der Waals surface area (Å²) in [4.78, 5) is 24.7. The highest BCUT2D eigenvalue weighted by molar-refractivity contribution is 6.01. The molecule has 0 bridgehead atoms. The van der Waals surface area contributed by atoms with Gasteiger partial charge in [-0.25, -0.2) is 0 Å². The first kappa shape index (κ1) is 16.0. The summed E-state index contributed by atoms with van der Waals surface area (Å²) in [5.74, 6) is 2.84. The lowest BCUT2D eigenvalue weighted by Gasteiger charge is -2.58. The minimum atomic E-state index is 0.0119. The van der Waals surface area contributed by atoms with Crippen LogP contribution < -0.4 is 0 Å². The highest BCUT2D eigenvalue weighted by atomic mass is 16.1. The molecule has 25 heavy (non-hydrogen) atoms. The van der Waals surface area contributed by atoms with Crippen molar-refractivity contribution in [2.75, 3.05) is 0 Å². The molecular weight excluding hydrogens is 308 g/mol. The fourth-order valence-corrected chi connectivity index (χ4v) is 8.13. The summed E-state index contributed by atoms with van der Waals surface area (Å²) in [6.07, 6.45) is 16.1. The van der Waals surface area contributed by atoms with Gasteiger partial charge in [0.15, 0.2) is 5.78 Å². The Kier molecular flexibility index (Phi) is 3.18. The van der Waals surface area contributed by atoms with E-state index in [9.17, 15) is 9.59 Å². The molecule has 0 amide bonds. The van der Waals surface area contributed by atoms with Crippen molar-refractivity contribution in [3.05, 3.63) is 23.8 Å². The third-order valence-electron chi connectivity index (χ3n) is 9.46. The summed E-state index contributed by atoms with van der Waals surface area (Å²) in [5, 5.41) is 0. The first-order chi connectivity index (χ1) is 11.9. The fourth-order valence-electron chi connectivity index (χ4n) is 8.13. The molecule has 0 heterocycles. The van der Waals surface area contributed by atoms with Crippen molar-refractivity contribution >= 4 is 11.6 Å². The summed E-state index contributed by atoms with van der Waals surface area (Å²) in [6.45, 7) is 4.84. The molecule has 4 fully saturated rings. The molecule has 0 aliphatic heterocycles. The van der Waals surface area contributed by atoms with E-state index >= 15 is 0 Å². The lowest BCUT2D eigenvalue weighted by molar-refractivity contribution is -0.137. The molecule has 5 aliphatic rings. The van der Waals surface area contributed by atoms with E-state index < -0.39 is 0 Å². The maximum Gasteiger partial charge on any atom is 0.178 e. The Morgan fingerprint density at radius 3 is 2.52 bits per heavy atom. The predicted molar refractivity (Wildman–Crippen MR) is 97.9 cm³/mol. The van der Waals surface area contributed by atoms with Crippen LogP contribution in [0.25, 0.3) is 0 Å². The topological polar surface area (TPSA) is 34.1 Å². The normalized spacial score (nSPS) is 51.3. The van der Waals surface area contributed by atoms with Crippen molar-refractivity contribution < 1.29 is 9.59 Å². The molecule has 4 saturated carbocycles. The van der Waals surface area contributed by atoms with Crippen molar-refractivity contribution in [3.8, 4) is 0 Å². The Morgan fingerprint density at radius 2 is 1.76 bits per heavy atom. The molecule has 0 aromatic carbocycles. The Bertz CT molecular complexity index is 716. The summed E-state index contributed by atoms with van der Waals surface area (Å²) < 4.78 is 0. The molecule has 5 rings (SSSR count). The molecular formula is C23H30O2. The average molecular weight is 338 g/mol. The van der Waals surface area contributed by atoms with Crippen molar-refractivity contribution in [3.63, 3.8) is 0 Å². The molecule has 134 valence electrons. The second-order valence-electron chi connectivity index (χ2n) is 9.96. The standard InChI is InChI=1S/C23H30O2/c1-21-11-7-16(24)14-15(21)5-6-17-18(21)8-12-22(2)19(17)9-13-23(22)10-3-4-20(23)25/h7,11,14,17-19H,3-6,8-10,12-13H2,1-2H3/t17?,18-,19?,21+,22?,23-/m0/s1. The number of ketones is 2. The van der Waals surface area contributed by atoms with Gasteiger partial charge < -0.3 is 0 Å². The summed E-state index contributed by atoms with van der Waals surface area (Å²) in [6, 6.07) is 0. The number of Topliss-reactive ketones (excluding diaryl/α,β-unsaturated/α-hetero) is 1. The van der Waals surface area contributed by atoms with Crippen LogP contribution in [0.5, 0.6) is 0 Å². The molecule has 6 atom stereocenters. The van der Waals surface area contributed by atoms with Crippen LogP contribution in [-0.2, 0) is 9.59 Å². The van der Waals surface area contributed by atoms with Crippen LogP contribution in [0.3, 0.4) is 0 Å². The average Bonchev–Trinajstić information content (AvgIpc) is 3.10. The third kappa shape index (κ3) is 1.82. The van der Waals surface area contributed by atoms with Gasteiger partial charge in [0.2, 0.25) is 0 Å². The molecule has 0 radical (unpaired) electrons. The summed E-state index contributed by atoms with van der Waals surface area (Å²) >= 11 is 0. The fraction of sp³-hybridized carbons (Fsp3) is 0.739. The van der Waals surface area contributed by atoms with Crippen molar-refractivity contribution in [2.24, 2.45) is 34.0 Å². The maximum atomic E-state index is 12.9. The summed E-state index contributed by atoms with van der Waals surface area (Å²) in [7, 11) is 0. The van der Waals surface area contributed by atoms with Crippen LogP contribution in [0.1, 0.15) is 71.6 Å². The van der Waals surface area contributed by atoms with E-state index in [0.717, 1.165) is 38.0 Å². The molecule has 3 unspecified atom stereocenters. The molecule has 0 aromatic heterocycles. The lowest BCUT2D eigenvalue weighted by Crippen LogP contribution is -2.52. The van der Waals surface area contributed by atoms with E-state index in [1.54, 1.807) is 6.08 Å². The maximum absolute atomic E-state index is 12.9. The van der Waals surface area contributed by atoms with Gasteiger partial charge in [-0.1, -0.05) is 25.5 Å².